The molecule has 0 saturated heterocycles. The summed E-state index contributed by atoms with van der Waals surface area (Å²) in [6, 6.07) is 4.03. The van der Waals surface area contributed by atoms with Gasteiger partial charge in [0, 0.05) is 17.7 Å². The number of oxazole rings is 1. The molecular formula is C13H11N3O5. The third-order valence-corrected chi connectivity index (χ3v) is 3.36. The molecule has 0 spiro atoms. The average molecular weight is 289 g/mol. The number of aryl methyl sites for hydroxylation is 2. The molecular weight excluding hydrogens is 278 g/mol. The lowest BCUT2D eigenvalue weighted by atomic mass is 10.2. The summed E-state index contributed by atoms with van der Waals surface area (Å²) in [4.78, 5) is 22.3. The van der Waals surface area contributed by atoms with Gasteiger partial charge in [-0.3, -0.25) is 14.7 Å². The van der Waals surface area contributed by atoms with Crippen LogP contribution in [0.1, 0.15) is 17.0 Å². The van der Waals surface area contributed by atoms with Crippen molar-refractivity contribution >= 4 is 16.8 Å². The molecule has 8 heteroatoms. The molecule has 0 aliphatic rings. The first-order valence-electron chi connectivity index (χ1n) is 6.17. The van der Waals surface area contributed by atoms with Crippen LogP contribution in [0.2, 0.25) is 0 Å². The molecule has 0 fully saturated rings. The molecule has 2 heterocycles. The third kappa shape index (κ3) is 2.10. The van der Waals surface area contributed by atoms with E-state index in [0.717, 1.165) is 5.56 Å². The van der Waals surface area contributed by atoms with Crippen molar-refractivity contribution in [2.75, 3.05) is 0 Å². The molecule has 21 heavy (non-hydrogen) atoms. The Labute approximate surface area is 117 Å². The number of nitrogens with zero attached hydrogens (tertiary/aromatic N) is 3. The molecule has 2 aromatic heterocycles. The van der Waals surface area contributed by atoms with Crippen molar-refractivity contribution in [3.63, 3.8) is 0 Å². The summed E-state index contributed by atoms with van der Waals surface area (Å²) in [5.41, 5.74) is 1.99. The van der Waals surface area contributed by atoms with Crippen molar-refractivity contribution in [1.29, 1.82) is 0 Å². The van der Waals surface area contributed by atoms with Gasteiger partial charge in [-0.25, -0.2) is 4.79 Å². The zero-order chi connectivity index (χ0) is 15.1. The molecule has 0 N–H and O–H groups in total. The van der Waals surface area contributed by atoms with Crippen molar-refractivity contribution < 1.29 is 13.9 Å². The second kappa shape index (κ2) is 4.58. The molecule has 3 aromatic rings. The Kier molecular flexibility index (Phi) is 2.86. The predicted octanol–water partition coefficient (Wildman–Crippen LogP) is 2.16. The number of nitro benzene ring substituents is 1. The second-order valence-corrected chi connectivity index (χ2v) is 4.67. The number of hydrogen-bond donors (Lipinski definition) is 0. The van der Waals surface area contributed by atoms with Gasteiger partial charge in [0.1, 0.15) is 5.76 Å². The van der Waals surface area contributed by atoms with Gasteiger partial charge in [-0.05, 0) is 19.9 Å². The Hall–Kier alpha value is -2.90. The number of fused-ring (bicyclic) bond motifs is 1. The maximum Gasteiger partial charge on any atom is 0.420 e. The van der Waals surface area contributed by atoms with E-state index in [1.54, 1.807) is 13.8 Å². The van der Waals surface area contributed by atoms with Gasteiger partial charge < -0.3 is 8.94 Å². The minimum absolute atomic E-state index is 0.101. The van der Waals surface area contributed by atoms with Crippen LogP contribution in [-0.2, 0) is 6.54 Å². The lowest BCUT2D eigenvalue weighted by Gasteiger charge is -2.01. The van der Waals surface area contributed by atoms with E-state index in [1.165, 1.54) is 22.8 Å². The Balaban J connectivity index is 2.17. The molecule has 0 aliphatic heterocycles. The normalized spacial score (nSPS) is 11.1. The highest BCUT2D eigenvalue weighted by Gasteiger charge is 2.17. The van der Waals surface area contributed by atoms with E-state index in [9.17, 15) is 14.9 Å². The van der Waals surface area contributed by atoms with Crippen LogP contribution < -0.4 is 5.76 Å². The molecule has 8 nitrogen and oxygen atoms in total. The maximum atomic E-state index is 11.9. The lowest BCUT2D eigenvalue weighted by molar-refractivity contribution is -0.384. The molecule has 0 atom stereocenters. The van der Waals surface area contributed by atoms with Crippen molar-refractivity contribution in [3.8, 4) is 0 Å². The Morgan fingerprint density at radius 2 is 2.14 bits per heavy atom. The molecule has 0 saturated carbocycles. The molecule has 0 radical (unpaired) electrons. The van der Waals surface area contributed by atoms with Crippen LogP contribution in [0.25, 0.3) is 11.1 Å². The van der Waals surface area contributed by atoms with Gasteiger partial charge in [-0.2, -0.15) is 0 Å². The summed E-state index contributed by atoms with van der Waals surface area (Å²) in [7, 11) is 0. The Morgan fingerprint density at radius 1 is 1.38 bits per heavy atom. The van der Waals surface area contributed by atoms with Gasteiger partial charge in [0.05, 0.1) is 22.7 Å². The van der Waals surface area contributed by atoms with Crippen LogP contribution in [0.5, 0.6) is 0 Å². The third-order valence-electron chi connectivity index (χ3n) is 3.36. The second-order valence-electron chi connectivity index (χ2n) is 4.67. The van der Waals surface area contributed by atoms with Crippen molar-refractivity contribution in [2.45, 2.75) is 20.4 Å². The zero-order valence-corrected chi connectivity index (χ0v) is 11.3. The first-order valence-corrected chi connectivity index (χ1v) is 6.17. The largest absolute Gasteiger partial charge is 0.420 e. The summed E-state index contributed by atoms with van der Waals surface area (Å²) < 4.78 is 11.5. The van der Waals surface area contributed by atoms with Crippen LogP contribution >= 0.6 is 0 Å². The highest BCUT2D eigenvalue weighted by atomic mass is 16.6. The van der Waals surface area contributed by atoms with Gasteiger partial charge in [-0.15, -0.1) is 0 Å². The van der Waals surface area contributed by atoms with E-state index < -0.39 is 10.7 Å². The molecule has 3 rings (SSSR count). The molecule has 1 aromatic carbocycles. The minimum Gasteiger partial charge on any atom is -0.408 e. The quantitative estimate of drug-likeness (QED) is 0.540. The number of benzene rings is 1. The van der Waals surface area contributed by atoms with Gasteiger partial charge in [0.15, 0.2) is 5.58 Å². The van der Waals surface area contributed by atoms with Crippen LogP contribution in [0.4, 0.5) is 5.69 Å². The van der Waals surface area contributed by atoms with Crippen molar-refractivity contribution in [3.05, 3.63) is 55.9 Å². The fourth-order valence-corrected chi connectivity index (χ4v) is 2.20. The molecule has 0 amide bonds. The van der Waals surface area contributed by atoms with Crippen molar-refractivity contribution in [2.24, 2.45) is 0 Å². The molecule has 0 bridgehead atoms. The van der Waals surface area contributed by atoms with E-state index in [4.69, 9.17) is 8.94 Å². The molecule has 0 aliphatic carbocycles. The summed E-state index contributed by atoms with van der Waals surface area (Å²) in [5, 5.41) is 14.7. The summed E-state index contributed by atoms with van der Waals surface area (Å²) in [5.74, 6) is 0.0182. The molecule has 0 unspecified atom stereocenters. The van der Waals surface area contributed by atoms with Gasteiger partial charge >= 0.3 is 5.76 Å². The van der Waals surface area contributed by atoms with Crippen LogP contribution in [0.3, 0.4) is 0 Å². The smallest absolute Gasteiger partial charge is 0.408 e. The number of nitro groups is 1. The van der Waals surface area contributed by atoms with Crippen LogP contribution in [0, 0.1) is 24.0 Å². The zero-order valence-electron chi connectivity index (χ0n) is 11.3. The van der Waals surface area contributed by atoms with E-state index in [0.29, 0.717) is 22.6 Å². The van der Waals surface area contributed by atoms with E-state index >= 15 is 0 Å². The van der Waals surface area contributed by atoms with E-state index in [1.807, 2.05) is 0 Å². The first kappa shape index (κ1) is 13.1. The Morgan fingerprint density at radius 3 is 2.76 bits per heavy atom. The fourth-order valence-electron chi connectivity index (χ4n) is 2.20. The lowest BCUT2D eigenvalue weighted by Crippen LogP contribution is -2.15. The van der Waals surface area contributed by atoms with Crippen molar-refractivity contribution in [1.82, 2.24) is 9.72 Å². The van der Waals surface area contributed by atoms with E-state index in [-0.39, 0.29) is 12.2 Å². The Bertz CT molecular complexity index is 883. The topological polar surface area (TPSA) is 104 Å². The first-order chi connectivity index (χ1) is 9.97. The summed E-state index contributed by atoms with van der Waals surface area (Å²) >= 11 is 0. The standard InChI is InChI=1S/C13H11N3O5/c1-7-10(8(2)21-14-7)6-15-11-5-9(16(18)19)3-4-12(11)20-13(15)17/h3-5H,6H2,1-2H3. The highest BCUT2D eigenvalue weighted by molar-refractivity contribution is 5.76. The number of non-ortho nitro benzene ring substituents is 1. The number of aromatic nitrogens is 2. The average Bonchev–Trinajstić information content (AvgIpc) is 2.92. The maximum absolute atomic E-state index is 11.9. The summed E-state index contributed by atoms with van der Waals surface area (Å²) in [6.07, 6.45) is 0. The summed E-state index contributed by atoms with van der Waals surface area (Å²) in [6.45, 7) is 3.70. The number of rotatable bonds is 3. The van der Waals surface area contributed by atoms with Gasteiger partial charge in [-0.1, -0.05) is 5.16 Å². The SMILES string of the molecule is Cc1noc(C)c1Cn1c(=O)oc2ccc([N+](=O)[O-])cc21. The number of hydrogen-bond acceptors (Lipinski definition) is 6. The predicted molar refractivity (Wildman–Crippen MR) is 72.2 cm³/mol. The highest BCUT2D eigenvalue weighted by Crippen LogP contribution is 2.22. The minimum atomic E-state index is -0.578. The van der Waals surface area contributed by atoms with Gasteiger partial charge in [0.2, 0.25) is 0 Å². The van der Waals surface area contributed by atoms with Crippen LogP contribution in [-0.4, -0.2) is 14.6 Å². The van der Waals surface area contributed by atoms with E-state index in [2.05, 4.69) is 5.16 Å². The fraction of sp³-hybridized carbons (Fsp3) is 0.231. The molecule has 108 valence electrons. The van der Waals surface area contributed by atoms with Gasteiger partial charge in [0.25, 0.3) is 5.69 Å². The van der Waals surface area contributed by atoms with Crippen LogP contribution in [0.15, 0.2) is 31.9 Å². The monoisotopic (exact) mass is 289 g/mol.